The number of fused-ring (bicyclic) bond motifs is 1. The molecule has 2 fully saturated rings. The summed E-state index contributed by atoms with van der Waals surface area (Å²) in [6, 6.07) is 10.5. The molecule has 2 aromatic carbocycles. The molecular formula is C28H28F4O. The number of hydrogen-bond acceptors (Lipinski definition) is 1. The summed E-state index contributed by atoms with van der Waals surface area (Å²) >= 11 is 0. The Balaban J connectivity index is 1.39. The van der Waals surface area contributed by atoms with E-state index in [0.29, 0.717) is 11.5 Å². The highest BCUT2D eigenvalue weighted by molar-refractivity contribution is 5.45. The summed E-state index contributed by atoms with van der Waals surface area (Å²) in [6.45, 7) is 2.09. The standard InChI is InChI=1S/C28H28F4O/c1-2-3-20-5-9-23-17-24(13-12-22(23)16-20)25-11-10-21(27(29)18-25)8-4-19-6-14-26(15-7-19)33-28(30,31)32/h2-3,6-7,10-11,14-15,18,20,22-24H,5,9,12-13,16-17H2,1H3/b3-2+. The maximum Gasteiger partial charge on any atom is 0.573 e. The number of rotatable bonds is 3. The molecule has 5 heteroatoms. The summed E-state index contributed by atoms with van der Waals surface area (Å²) in [6.07, 6.45) is 7.02. The van der Waals surface area contributed by atoms with Crippen LogP contribution in [0.5, 0.6) is 5.75 Å². The largest absolute Gasteiger partial charge is 0.573 e. The highest BCUT2D eigenvalue weighted by atomic mass is 19.4. The molecule has 2 aliphatic rings. The van der Waals surface area contributed by atoms with Crippen LogP contribution in [0.25, 0.3) is 0 Å². The first-order valence-electron chi connectivity index (χ1n) is 11.6. The summed E-state index contributed by atoms with van der Waals surface area (Å²) in [7, 11) is 0. The van der Waals surface area contributed by atoms with E-state index in [0.717, 1.165) is 36.2 Å². The molecule has 2 aliphatic carbocycles. The molecule has 0 bridgehead atoms. The number of allylic oxidation sites excluding steroid dienone is 2. The van der Waals surface area contributed by atoms with E-state index in [9.17, 15) is 17.6 Å². The van der Waals surface area contributed by atoms with Crippen LogP contribution >= 0.6 is 0 Å². The molecule has 0 saturated heterocycles. The predicted molar refractivity (Wildman–Crippen MR) is 121 cm³/mol. The van der Waals surface area contributed by atoms with Gasteiger partial charge in [0.2, 0.25) is 0 Å². The minimum absolute atomic E-state index is 0.287. The first-order valence-corrected chi connectivity index (χ1v) is 11.6. The summed E-state index contributed by atoms with van der Waals surface area (Å²) in [4.78, 5) is 0. The Kier molecular flexibility index (Phi) is 7.12. The second-order valence-electron chi connectivity index (χ2n) is 9.19. The van der Waals surface area contributed by atoms with E-state index < -0.39 is 6.36 Å². The van der Waals surface area contributed by atoms with Crippen LogP contribution in [0, 0.1) is 35.4 Å². The highest BCUT2D eigenvalue weighted by Gasteiger charge is 2.35. The quantitative estimate of drug-likeness (QED) is 0.258. The molecule has 1 nitrogen and oxygen atoms in total. The van der Waals surface area contributed by atoms with Crippen molar-refractivity contribution < 1.29 is 22.3 Å². The molecule has 0 aliphatic heterocycles. The summed E-state index contributed by atoms with van der Waals surface area (Å²) in [5.41, 5.74) is 1.82. The van der Waals surface area contributed by atoms with Gasteiger partial charge in [0, 0.05) is 5.56 Å². The number of halogens is 4. The van der Waals surface area contributed by atoms with Gasteiger partial charge in [-0.15, -0.1) is 13.2 Å². The molecule has 4 unspecified atom stereocenters. The summed E-state index contributed by atoms with van der Waals surface area (Å²) < 4.78 is 55.4. The van der Waals surface area contributed by atoms with Gasteiger partial charge in [0.05, 0.1) is 5.56 Å². The lowest BCUT2D eigenvalue weighted by Gasteiger charge is -2.41. The van der Waals surface area contributed by atoms with E-state index >= 15 is 0 Å². The molecular weight excluding hydrogens is 428 g/mol. The second kappa shape index (κ2) is 10.0. The molecule has 0 radical (unpaired) electrons. The van der Waals surface area contributed by atoms with Crippen molar-refractivity contribution in [1.82, 2.24) is 0 Å². The van der Waals surface area contributed by atoms with Gasteiger partial charge in [-0.3, -0.25) is 0 Å². The van der Waals surface area contributed by atoms with Crippen molar-refractivity contribution in [2.75, 3.05) is 0 Å². The molecule has 174 valence electrons. The molecule has 2 saturated carbocycles. The van der Waals surface area contributed by atoms with E-state index in [-0.39, 0.29) is 17.1 Å². The zero-order valence-corrected chi connectivity index (χ0v) is 18.7. The molecule has 4 rings (SSSR count). The van der Waals surface area contributed by atoms with E-state index in [4.69, 9.17) is 0 Å². The van der Waals surface area contributed by atoms with Gasteiger partial charge in [-0.1, -0.05) is 30.1 Å². The average molecular weight is 457 g/mol. The first-order chi connectivity index (χ1) is 15.8. The minimum Gasteiger partial charge on any atom is -0.406 e. The van der Waals surface area contributed by atoms with Gasteiger partial charge in [-0.25, -0.2) is 4.39 Å². The third-order valence-electron chi connectivity index (χ3n) is 7.01. The zero-order chi connectivity index (χ0) is 23.4. The third kappa shape index (κ3) is 6.19. The third-order valence-corrected chi connectivity index (χ3v) is 7.01. The molecule has 2 aromatic rings. The van der Waals surface area contributed by atoms with Gasteiger partial charge < -0.3 is 4.74 Å². The zero-order valence-electron chi connectivity index (χ0n) is 18.7. The van der Waals surface area contributed by atoms with Crippen LogP contribution in [0.4, 0.5) is 17.6 Å². The fourth-order valence-electron chi connectivity index (χ4n) is 5.44. The lowest BCUT2D eigenvalue weighted by molar-refractivity contribution is -0.274. The van der Waals surface area contributed by atoms with Crippen LogP contribution < -0.4 is 4.74 Å². The van der Waals surface area contributed by atoms with Crippen LogP contribution in [0.15, 0.2) is 54.6 Å². The Morgan fingerprint density at radius 2 is 1.64 bits per heavy atom. The van der Waals surface area contributed by atoms with Crippen molar-refractivity contribution in [3.63, 3.8) is 0 Å². The molecule has 0 heterocycles. The van der Waals surface area contributed by atoms with Gasteiger partial charge in [-0.2, -0.15) is 0 Å². The summed E-state index contributed by atoms with van der Waals surface area (Å²) in [5.74, 6) is 7.58. The van der Waals surface area contributed by atoms with Crippen LogP contribution in [0.1, 0.15) is 68.1 Å². The van der Waals surface area contributed by atoms with Gasteiger partial charge in [0.25, 0.3) is 0 Å². The van der Waals surface area contributed by atoms with Crippen LogP contribution in [-0.4, -0.2) is 6.36 Å². The molecule has 33 heavy (non-hydrogen) atoms. The van der Waals surface area contributed by atoms with Crippen molar-refractivity contribution in [2.45, 2.75) is 57.7 Å². The fraction of sp³-hybridized carbons (Fsp3) is 0.429. The first kappa shape index (κ1) is 23.4. The van der Waals surface area contributed by atoms with Crippen LogP contribution in [0.3, 0.4) is 0 Å². The number of hydrogen-bond donors (Lipinski definition) is 0. The topological polar surface area (TPSA) is 9.23 Å². The van der Waals surface area contributed by atoms with Crippen molar-refractivity contribution in [3.8, 4) is 17.6 Å². The van der Waals surface area contributed by atoms with Crippen LogP contribution in [0.2, 0.25) is 0 Å². The minimum atomic E-state index is -4.73. The van der Waals surface area contributed by atoms with Crippen molar-refractivity contribution in [1.29, 1.82) is 0 Å². The van der Waals surface area contributed by atoms with Crippen molar-refractivity contribution in [3.05, 3.63) is 77.1 Å². The van der Waals surface area contributed by atoms with E-state index in [1.807, 2.05) is 6.07 Å². The lowest BCUT2D eigenvalue weighted by atomic mass is 9.64. The number of ether oxygens (including phenoxy) is 1. The Labute approximate surface area is 192 Å². The Bertz CT molecular complexity index is 1040. The van der Waals surface area contributed by atoms with E-state index in [2.05, 4.69) is 35.7 Å². The van der Waals surface area contributed by atoms with Gasteiger partial charge in [-0.05, 0) is 111 Å². The van der Waals surface area contributed by atoms with Gasteiger partial charge in [0.1, 0.15) is 11.6 Å². The fourth-order valence-corrected chi connectivity index (χ4v) is 5.44. The normalized spacial score (nSPS) is 25.2. The van der Waals surface area contributed by atoms with Crippen molar-refractivity contribution in [2.24, 2.45) is 17.8 Å². The maximum atomic E-state index is 14.8. The SMILES string of the molecule is C/C=C/C1CCC2CC(c3ccc(C#Cc4ccc(OC(F)(F)F)cc4)c(F)c3)CCC2C1. The Hall–Kier alpha value is -2.74. The summed E-state index contributed by atoms with van der Waals surface area (Å²) in [5, 5.41) is 0. The lowest BCUT2D eigenvalue weighted by Crippen LogP contribution is -2.30. The molecule has 0 aromatic heterocycles. The highest BCUT2D eigenvalue weighted by Crippen LogP contribution is 2.47. The number of benzene rings is 2. The average Bonchev–Trinajstić information content (AvgIpc) is 2.78. The van der Waals surface area contributed by atoms with Crippen LogP contribution in [-0.2, 0) is 0 Å². The van der Waals surface area contributed by atoms with E-state index in [1.54, 1.807) is 12.1 Å². The monoisotopic (exact) mass is 456 g/mol. The molecule has 0 N–H and O–H groups in total. The maximum absolute atomic E-state index is 14.8. The predicted octanol–water partition coefficient (Wildman–Crippen LogP) is 8.00. The number of alkyl halides is 3. The smallest absolute Gasteiger partial charge is 0.406 e. The Morgan fingerprint density at radius 1 is 0.909 bits per heavy atom. The van der Waals surface area contributed by atoms with Gasteiger partial charge in [0.15, 0.2) is 0 Å². The van der Waals surface area contributed by atoms with E-state index in [1.165, 1.54) is 49.9 Å². The molecule has 4 atom stereocenters. The molecule has 0 spiro atoms. The molecule has 0 amide bonds. The van der Waals surface area contributed by atoms with Gasteiger partial charge >= 0.3 is 6.36 Å². The second-order valence-corrected chi connectivity index (χ2v) is 9.19. The Morgan fingerprint density at radius 3 is 2.33 bits per heavy atom. The van der Waals surface area contributed by atoms with Crippen molar-refractivity contribution >= 4 is 0 Å².